The Balaban J connectivity index is 1.29. The summed E-state index contributed by atoms with van der Waals surface area (Å²) in [6.07, 6.45) is 5.98. The summed E-state index contributed by atoms with van der Waals surface area (Å²) in [5, 5.41) is 10.1. The van der Waals surface area contributed by atoms with E-state index < -0.39 is 5.60 Å². The highest BCUT2D eigenvalue weighted by Gasteiger charge is 2.53. The number of rotatable bonds is 5. The summed E-state index contributed by atoms with van der Waals surface area (Å²) in [5.41, 5.74) is 6.71. The van der Waals surface area contributed by atoms with E-state index in [1.165, 1.54) is 12.8 Å². The van der Waals surface area contributed by atoms with Crippen molar-refractivity contribution in [2.75, 3.05) is 41.7 Å². The minimum Gasteiger partial charge on any atom is -0.389 e. The molecule has 3 N–H and O–H groups in total. The first-order valence-corrected chi connectivity index (χ1v) is 10.8. The Morgan fingerprint density at radius 1 is 1.07 bits per heavy atom. The van der Waals surface area contributed by atoms with Gasteiger partial charge in [0.1, 0.15) is 5.82 Å². The fourth-order valence-electron chi connectivity index (χ4n) is 5.38. The van der Waals surface area contributed by atoms with Crippen LogP contribution in [0.1, 0.15) is 26.7 Å². The maximum absolute atomic E-state index is 10.1. The van der Waals surface area contributed by atoms with Gasteiger partial charge in [0, 0.05) is 62.3 Å². The van der Waals surface area contributed by atoms with Crippen molar-refractivity contribution in [3.05, 3.63) is 18.5 Å². The van der Waals surface area contributed by atoms with E-state index in [0.29, 0.717) is 24.7 Å². The van der Waals surface area contributed by atoms with Crippen LogP contribution < -0.4 is 15.5 Å². The number of aromatic nitrogens is 4. The van der Waals surface area contributed by atoms with Crippen LogP contribution in [-0.2, 0) is 0 Å². The van der Waals surface area contributed by atoms with Crippen LogP contribution in [-0.4, -0.2) is 79.8 Å². The van der Waals surface area contributed by atoms with Crippen LogP contribution in [0.5, 0.6) is 0 Å². The average Bonchev–Trinajstić information content (AvgIpc) is 3.26. The molecule has 0 aromatic carbocycles. The van der Waals surface area contributed by atoms with E-state index in [0.717, 1.165) is 48.6 Å². The van der Waals surface area contributed by atoms with Gasteiger partial charge in [-0.1, -0.05) is 0 Å². The zero-order chi connectivity index (χ0) is 20.6. The van der Waals surface area contributed by atoms with E-state index in [4.69, 9.17) is 15.7 Å². The van der Waals surface area contributed by atoms with Gasteiger partial charge in [0.25, 0.3) is 0 Å². The standard InChI is InChI=1S/C21H28N8O/c1-21(2,30)11-27-9-17-16(27)10-29(17)18-5-15(13-6-23-19(22)24-7-13)25-20(26-18)28-8-12-3-14(28)4-12/h5-7,12,14,16-17,30H,3-4,8-11H2,1-2H3,(H2,22,23,24)/t12?,14?,16-,17?/m1/s1. The van der Waals surface area contributed by atoms with E-state index in [-0.39, 0.29) is 5.95 Å². The normalized spacial score (nSPS) is 29.8. The van der Waals surface area contributed by atoms with Gasteiger partial charge in [0.2, 0.25) is 11.9 Å². The van der Waals surface area contributed by atoms with Crippen LogP contribution in [0.25, 0.3) is 11.3 Å². The summed E-state index contributed by atoms with van der Waals surface area (Å²) in [6, 6.07) is 3.58. The van der Waals surface area contributed by atoms with Gasteiger partial charge in [0.15, 0.2) is 0 Å². The second-order valence-electron chi connectivity index (χ2n) is 9.91. The molecular weight excluding hydrogens is 380 g/mol. The monoisotopic (exact) mass is 408 g/mol. The number of nitrogen functional groups attached to an aromatic ring is 1. The summed E-state index contributed by atoms with van der Waals surface area (Å²) >= 11 is 0. The van der Waals surface area contributed by atoms with E-state index in [1.54, 1.807) is 12.4 Å². The zero-order valence-corrected chi connectivity index (χ0v) is 17.4. The van der Waals surface area contributed by atoms with Crippen LogP contribution in [0.4, 0.5) is 17.7 Å². The topological polar surface area (TPSA) is 108 Å². The van der Waals surface area contributed by atoms with Gasteiger partial charge in [0.05, 0.1) is 17.3 Å². The van der Waals surface area contributed by atoms with Crippen LogP contribution in [0.2, 0.25) is 0 Å². The highest BCUT2D eigenvalue weighted by molar-refractivity contribution is 5.66. The number of β-amino-alcohol motifs (C(OH)–C–C–N with tert-alkyl or cyclic N) is 1. The molecule has 9 nitrogen and oxygen atoms in total. The molecule has 158 valence electrons. The third-order valence-electron chi connectivity index (χ3n) is 7.03. The maximum Gasteiger partial charge on any atom is 0.228 e. The SMILES string of the molecule is CC(C)(O)CN1CC2[C@H]1CN2c1cc(-c2cnc(N)nc2)nc(N2CC3CC2C3)n1. The summed E-state index contributed by atoms with van der Waals surface area (Å²) < 4.78 is 0. The number of aliphatic hydroxyl groups is 1. The van der Waals surface area contributed by atoms with Gasteiger partial charge in [-0.05, 0) is 32.6 Å². The lowest BCUT2D eigenvalue weighted by Crippen LogP contribution is -2.80. The second-order valence-corrected chi connectivity index (χ2v) is 9.91. The molecule has 7 rings (SSSR count). The molecule has 2 aromatic heterocycles. The molecule has 5 fully saturated rings. The first-order valence-electron chi connectivity index (χ1n) is 10.8. The minimum atomic E-state index is -0.660. The largest absolute Gasteiger partial charge is 0.389 e. The lowest BCUT2D eigenvalue weighted by atomic mass is 9.84. The number of piperazine rings is 1. The van der Waals surface area contributed by atoms with Crippen molar-refractivity contribution in [1.82, 2.24) is 24.8 Å². The molecule has 30 heavy (non-hydrogen) atoms. The van der Waals surface area contributed by atoms with Gasteiger partial charge in [-0.2, -0.15) is 4.98 Å². The number of fused-ring (bicyclic) bond motifs is 2. The third-order valence-corrected chi connectivity index (χ3v) is 7.03. The van der Waals surface area contributed by atoms with Crippen LogP contribution in [0.3, 0.4) is 0 Å². The summed E-state index contributed by atoms with van der Waals surface area (Å²) in [4.78, 5) is 25.3. The minimum absolute atomic E-state index is 0.264. The van der Waals surface area contributed by atoms with Crippen molar-refractivity contribution in [3.8, 4) is 11.3 Å². The Morgan fingerprint density at radius 3 is 2.43 bits per heavy atom. The Bertz CT molecular complexity index is 968. The van der Waals surface area contributed by atoms with E-state index >= 15 is 0 Å². The highest BCUT2D eigenvalue weighted by atomic mass is 16.3. The number of hydrogen-bond acceptors (Lipinski definition) is 9. The molecule has 0 radical (unpaired) electrons. The third kappa shape index (κ3) is 2.91. The number of nitrogens with two attached hydrogens (primary N) is 1. The first kappa shape index (κ1) is 18.3. The van der Waals surface area contributed by atoms with E-state index in [9.17, 15) is 5.11 Å². The fraction of sp³-hybridized carbons (Fsp3) is 0.619. The van der Waals surface area contributed by atoms with Crippen LogP contribution in [0.15, 0.2) is 18.5 Å². The number of anilines is 3. The smallest absolute Gasteiger partial charge is 0.228 e. The van der Waals surface area contributed by atoms with Crippen molar-refractivity contribution < 1.29 is 5.11 Å². The van der Waals surface area contributed by atoms with Gasteiger partial charge < -0.3 is 20.6 Å². The quantitative estimate of drug-likeness (QED) is 0.741. The molecule has 9 heteroatoms. The van der Waals surface area contributed by atoms with Gasteiger partial charge in [-0.15, -0.1) is 0 Å². The maximum atomic E-state index is 10.1. The van der Waals surface area contributed by atoms with E-state index in [2.05, 4.69) is 24.7 Å². The molecule has 2 bridgehead atoms. The van der Waals surface area contributed by atoms with Gasteiger partial charge >= 0.3 is 0 Å². The average molecular weight is 409 g/mol. The predicted molar refractivity (Wildman–Crippen MR) is 114 cm³/mol. The molecular formula is C21H28N8O. The number of hydrogen-bond donors (Lipinski definition) is 2. The Morgan fingerprint density at radius 2 is 1.83 bits per heavy atom. The molecule has 4 saturated heterocycles. The summed E-state index contributed by atoms with van der Waals surface area (Å²) in [5.74, 6) is 2.85. The molecule has 2 aromatic rings. The van der Waals surface area contributed by atoms with Crippen LogP contribution in [0, 0.1) is 5.92 Å². The lowest BCUT2D eigenvalue weighted by Gasteiger charge is -2.63. The number of nitrogens with zero attached hydrogens (tertiary/aromatic N) is 7. The number of likely N-dealkylation sites (tertiary alicyclic amines) is 1. The summed E-state index contributed by atoms with van der Waals surface area (Å²) in [6.45, 7) is 7.40. The Labute approximate surface area is 176 Å². The van der Waals surface area contributed by atoms with E-state index in [1.807, 2.05) is 19.9 Å². The van der Waals surface area contributed by atoms with Gasteiger partial charge in [-0.3, -0.25) is 4.90 Å². The van der Waals surface area contributed by atoms with Crippen molar-refractivity contribution in [1.29, 1.82) is 0 Å². The molecule has 2 atom stereocenters. The Kier molecular flexibility index (Phi) is 3.80. The van der Waals surface area contributed by atoms with Crippen LogP contribution >= 0.6 is 0 Å². The first-order chi connectivity index (χ1) is 14.3. The lowest BCUT2D eigenvalue weighted by molar-refractivity contribution is -0.0515. The Hall–Kier alpha value is -2.52. The van der Waals surface area contributed by atoms with Crippen molar-refractivity contribution in [2.45, 2.75) is 50.4 Å². The van der Waals surface area contributed by atoms with Crippen molar-refractivity contribution in [3.63, 3.8) is 0 Å². The van der Waals surface area contributed by atoms with Gasteiger partial charge in [-0.25, -0.2) is 15.0 Å². The molecule has 0 amide bonds. The fourth-order valence-corrected chi connectivity index (χ4v) is 5.38. The molecule has 4 aliphatic heterocycles. The molecule has 1 unspecified atom stereocenters. The zero-order valence-electron chi connectivity index (χ0n) is 17.4. The molecule has 0 spiro atoms. The predicted octanol–water partition coefficient (Wildman–Crippen LogP) is 0.758. The molecule has 6 heterocycles. The second kappa shape index (κ2) is 6.24. The summed E-state index contributed by atoms with van der Waals surface area (Å²) in [7, 11) is 0. The molecule has 1 aliphatic carbocycles. The van der Waals surface area contributed by atoms with Crippen molar-refractivity contribution >= 4 is 17.7 Å². The van der Waals surface area contributed by atoms with Crippen molar-refractivity contribution in [2.24, 2.45) is 5.92 Å². The molecule has 5 aliphatic rings. The highest BCUT2D eigenvalue weighted by Crippen LogP contribution is 2.44. The molecule has 1 saturated carbocycles.